The maximum atomic E-state index is 11.6. The topological polar surface area (TPSA) is 49.8 Å². The van der Waals surface area contributed by atoms with Crippen molar-refractivity contribution < 1.29 is 14.6 Å². The fourth-order valence-electron chi connectivity index (χ4n) is 1.96. The first-order valence-corrected chi connectivity index (χ1v) is 5.99. The minimum absolute atomic E-state index is 0.00278. The Balaban J connectivity index is 2.06. The Labute approximate surface area is 87.6 Å². The second kappa shape index (κ2) is 4.51. The van der Waals surface area contributed by atoms with Crippen molar-refractivity contribution in [3.63, 3.8) is 0 Å². The zero-order valence-corrected chi connectivity index (χ0v) is 8.83. The van der Waals surface area contributed by atoms with E-state index >= 15 is 0 Å². The second-order valence-corrected chi connectivity index (χ2v) is 4.91. The van der Waals surface area contributed by atoms with Crippen LogP contribution in [0.15, 0.2) is 0 Å². The van der Waals surface area contributed by atoms with Crippen LogP contribution in [0.4, 0.5) is 0 Å². The lowest BCUT2D eigenvalue weighted by Gasteiger charge is -2.38. The van der Waals surface area contributed by atoms with Gasteiger partial charge in [-0.2, -0.15) is 0 Å². The predicted molar refractivity (Wildman–Crippen MR) is 54.0 cm³/mol. The van der Waals surface area contributed by atoms with E-state index in [1.165, 1.54) is 0 Å². The minimum atomic E-state index is -0.133. The van der Waals surface area contributed by atoms with Crippen LogP contribution in [0.1, 0.15) is 12.8 Å². The lowest BCUT2D eigenvalue weighted by Crippen LogP contribution is -2.54. The van der Waals surface area contributed by atoms with E-state index in [9.17, 15) is 4.79 Å². The van der Waals surface area contributed by atoms with Gasteiger partial charge in [-0.25, -0.2) is 0 Å². The molecule has 0 aromatic carbocycles. The molecular weight excluding hydrogens is 202 g/mol. The molecule has 5 heteroatoms. The van der Waals surface area contributed by atoms with Crippen LogP contribution in [0.3, 0.4) is 0 Å². The molecule has 2 heterocycles. The number of hydrogen-bond acceptors (Lipinski definition) is 4. The second-order valence-electron chi connectivity index (χ2n) is 3.62. The molecule has 1 N–H and O–H groups in total. The molecule has 2 fully saturated rings. The number of thioether (sulfide) groups is 1. The van der Waals surface area contributed by atoms with Crippen molar-refractivity contribution in [2.45, 2.75) is 24.3 Å². The van der Waals surface area contributed by atoms with E-state index in [0.29, 0.717) is 6.61 Å². The summed E-state index contributed by atoms with van der Waals surface area (Å²) in [6.07, 6.45) is 2.21. The van der Waals surface area contributed by atoms with Gasteiger partial charge in [0.2, 0.25) is 5.91 Å². The molecule has 0 aromatic rings. The highest BCUT2D eigenvalue weighted by molar-refractivity contribution is 8.00. The van der Waals surface area contributed by atoms with Crippen molar-refractivity contribution in [2.75, 3.05) is 25.6 Å². The van der Waals surface area contributed by atoms with Gasteiger partial charge in [0, 0.05) is 0 Å². The van der Waals surface area contributed by atoms with Crippen LogP contribution in [0.25, 0.3) is 0 Å². The average molecular weight is 217 g/mol. The van der Waals surface area contributed by atoms with Crippen molar-refractivity contribution in [1.82, 2.24) is 4.90 Å². The molecule has 0 spiro atoms. The highest BCUT2D eigenvalue weighted by atomic mass is 32.2. The number of aliphatic hydroxyl groups excluding tert-OH is 1. The maximum Gasteiger partial charge on any atom is 0.249 e. The molecule has 2 aliphatic heterocycles. The highest BCUT2D eigenvalue weighted by Crippen LogP contribution is 2.31. The quantitative estimate of drug-likeness (QED) is 0.710. The standard InChI is InChI=1S/C9H15NO3S/c11-4-7-5-13-6-8(12)10(7)9-2-1-3-14-9/h7,9,11H,1-6H2. The van der Waals surface area contributed by atoms with Gasteiger partial charge in [-0.05, 0) is 18.6 Å². The first-order chi connectivity index (χ1) is 6.83. The van der Waals surface area contributed by atoms with Crippen LogP contribution in [-0.2, 0) is 9.53 Å². The smallest absolute Gasteiger partial charge is 0.249 e. The van der Waals surface area contributed by atoms with Gasteiger partial charge in [-0.1, -0.05) is 0 Å². The molecule has 80 valence electrons. The van der Waals surface area contributed by atoms with E-state index in [1.807, 2.05) is 16.7 Å². The van der Waals surface area contributed by atoms with Crippen LogP contribution < -0.4 is 0 Å². The van der Waals surface area contributed by atoms with E-state index < -0.39 is 0 Å². The summed E-state index contributed by atoms with van der Waals surface area (Å²) >= 11 is 1.81. The van der Waals surface area contributed by atoms with Gasteiger partial charge < -0.3 is 14.7 Å². The van der Waals surface area contributed by atoms with Crippen LogP contribution in [0, 0.1) is 0 Å². The average Bonchev–Trinajstić information content (AvgIpc) is 2.70. The normalized spacial score (nSPS) is 33.8. The SMILES string of the molecule is O=C1COCC(CO)N1C1CCCS1. The third kappa shape index (κ3) is 1.89. The van der Waals surface area contributed by atoms with Gasteiger partial charge in [0.1, 0.15) is 6.61 Å². The van der Waals surface area contributed by atoms with Crippen LogP contribution in [0.5, 0.6) is 0 Å². The van der Waals surface area contributed by atoms with Crippen LogP contribution in [-0.4, -0.2) is 52.9 Å². The summed E-state index contributed by atoms with van der Waals surface area (Å²) in [4.78, 5) is 13.4. The molecule has 2 saturated heterocycles. The summed E-state index contributed by atoms with van der Waals surface area (Å²) in [6, 6.07) is -0.133. The summed E-state index contributed by atoms with van der Waals surface area (Å²) in [5.74, 6) is 1.14. The Hall–Kier alpha value is -0.260. The Kier molecular flexibility index (Phi) is 3.30. The molecule has 2 aliphatic rings. The number of rotatable bonds is 2. The van der Waals surface area contributed by atoms with Gasteiger partial charge in [0.25, 0.3) is 0 Å². The molecule has 2 rings (SSSR count). The molecule has 0 aliphatic carbocycles. The molecule has 2 atom stereocenters. The Morgan fingerprint density at radius 3 is 3.14 bits per heavy atom. The number of hydrogen-bond donors (Lipinski definition) is 1. The molecule has 0 aromatic heterocycles. The summed E-state index contributed by atoms with van der Waals surface area (Å²) in [7, 11) is 0. The monoisotopic (exact) mass is 217 g/mol. The molecule has 0 radical (unpaired) electrons. The first kappa shape index (κ1) is 10.3. The Morgan fingerprint density at radius 2 is 2.50 bits per heavy atom. The maximum absolute atomic E-state index is 11.6. The van der Waals surface area contributed by atoms with E-state index in [4.69, 9.17) is 9.84 Å². The number of amides is 1. The fraction of sp³-hybridized carbons (Fsp3) is 0.889. The van der Waals surface area contributed by atoms with Gasteiger partial charge >= 0.3 is 0 Å². The fourth-order valence-corrected chi connectivity index (χ4v) is 3.35. The molecule has 14 heavy (non-hydrogen) atoms. The number of ether oxygens (including phenoxy) is 1. The number of aliphatic hydroxyl groups is 1. The van der Waals surface area contributed by atoms with Crippen LogP contribution >= 0.6 is 11.8 Å². The predicted octanol–water partition coefficient (Wildman–Crippen LogP) is 0.0592. The zero-order valence-electron chi connectivity index (χ0n) is 8.02. The summed E-state index contributed by atoms with van der Waals surface area (Å²) in [6.45, 7) is 0.648. The first-order valence-electron chi connectivity index (χ1n) is 4.94. The van der Waals surface area contributed by atoms with Crippen molar-refractivity contribution in [3.05, 3.63) is 0 Å². The van der Waals surface area contributed by atoms with Gasteiger partial charge in [-0.3, -0.25) is 4.79 Å². The number of nitrogens with zero attached hydrogens (tertiary/aromatic N) is 1. The summed E-state index contributed by atoms with van der Waals surface area (Å²) < 4.78 is 5.11. The third-order valence-corrected chi connectivity index (χ3v) is 4.02. The number of carbonyl (C=O) groups is 1. The van der Waals surface area contributed by atoms with E-state index in [0.717, 1.165) is 18.6 Å². The van der Waals surface area contributed by atoms with Crippen molar-refractivity contribution >= 4 is 17.7 Å². The summed E-state index contributed by atoms with van der Waals surface area (Å²) in [5.41, 5.74) is 0. The minimum Gasteiger partial charge on any atom is -0.394 e. The van der Waals surface area contributed by atoms with Crippen molar-refractivity contribution in [3.8, 4) is 0 Å². The van der Waals surface area contributed by atoms with Crippen LogP contribution in [0.2, 0.25) is 0 Å². The van der Waals surface area contributed by atoms with Gasteiger partial charge in [0.15, 0.2) is 0 Å². The molecular formula is C9H15NO3S. The van der Waals surface area contributed by atoms with Crippen molar-refractivity contribution in [2.24, 2.45) is 0 Å². The van der Waals surface area contributed by atoms with E-state index in [1.54, 1.807) is 0 Å². The third-order valence-electron chi connectivity index (χ3n) is 2.64. The largest absolute Gasteiger partial charge is 0.394 e. The Bertz CT molecular complexity index is 216. The lowest BCUT2D eigenvalue weighted by molar-refractivity contribution is -0.151. The molecule has 4 nitrogen and oxygen atoms in total. The molecule has 0 bridgehead atoms. The highest BCUT2D eigenvalue weighted by Gasteiger charge is 2.35. The van der Waals surface area contributed by atoms with Gasteiger partial charge in [0.05, 0.1) is 24.6 Å². The molecule has 1 amide bonds. The Morgan fingerprint density at radius 1 is 1.64 bits per heavy atom. The van der Waals surface area contributed by atoms with Crippen molar-refractivity contribution in [1.29, 1.82) is 0 Å². The van der Waals surface area contributed by atoms with Gasteiger partial charge in [-0.15, -0.1) is 11.8 Å². The summed E-state index contributed by atoms with van der Waals surface area (Å²) in [5, 5.41) is 9.42. The molecule has 0 saturated carbocycles. The zero-order chi connectivity index (χ0) is 9.97. The number of morpholine rings is 1. The van der Waals surface area contributed by atoms with E-state index in [2.05, 4.69) is 0 Å². The lowest BCUT2D eigenvalue weighted by atomic mass is 10.2. The molecule has 2 unspecified atom stereocenters. The number of carbonyl (C=O) groups excluding carboxylic acids is 1. The van der Waals surface area contributed by atoms with E-state index in [-0.39, 0.29) is 30.5 Å².